The molecule has 1 aliphatic heterocycles. The normalized spacial score (nSPS) is 15.9. The third kappa shape index (κ3) is 4.35. The molecule has 1 aromatic heterocycles. The molecule has 2 aromatic rings. The van der Waals surface area contributed by atoms with E-state index in [0.29, 0.717) is 51.3 Å². The van der Waals surface area contributed by atoms with Crippen molar-refractivity contribution in [2.75, 3.05) is 26.3 Å². The molecule has 0 atom stereocenters. The lowest BCUT2D eigenvalue weighted by atomic mass is 9.75. The van der Waals surface area contributed by atoms with Crippen molar-refractivity contribution in [3.8, 4) is 5.75 Å². The van der Waals surface area contributed by atoms with Crippen molar-refractivity contribution in [1.29, 1.82) is 0 Å². The highest BCUT2D eigenvalue weighted by atomic mass is 16.5. The van der Waals surface area contributed by atoms with Crippen LogP contribution < -0.4 is 4.74 Å². The number of carbonyl (C=O) groups excluding carboxylic acids is 2. The van der Waals surface area contributed by atoms with Crippen molar-refractivity contribution < 1.29 is 19.1 Å². The highest BCUT2D eigenvalue weighted by Crippen LogP contribution is 2.37. The second-order valence-corrected chi connectivity index (χ2v) is 7.04. The second kappa shape index (κ2) is 8.91. The third-order valence-electron chi connectivity index (χ3n) is 5.35. The largest absolute Gasteiger partial charge is 0.494 e. The average molecular weight is 385 g/mol. The number of piperidine rings is 1. The molecule has 3 rings (SSSR count). The number of amides is 1. The van der Waals surface area contributed by atoms with E-state index in [0.717, 1.165) is 5.75 Å². The Morgan fingerprint density at radius 1 is 1.14 bits per heavy atom. The molecule has 1 aliphatic rings. The summed E-state index contributed by atoms with van der Waals surface area (Å²) in [6.45, 7) is 3.60. The maximum absolute atomic E-state index is 12.7. The van der Waals surface area contributed by atoms with E-state index >= 15 is 0 Å². The number of nitrogens with zero attached hydrogens (tertiary/aromatic N) is 3. The maximum Gasteiger partial charge on any atom is 0.312 e. The molecule has 7 nitrogen and oxygen atoms in total. The number of rotatable bonds is 7. The standard InChI is InChI=1S/C21H27N3O4/c1-3-27-20(26)21(12-16-28-17-7-5-4-6-8-17)10-14-24(15-11-21)19(25)18-9-13-22-23(18)2/h4-9,13H,3,10-12,14-16H2,1-2H3. The van der Waals surface area contributed by atoms with Crippen LogP contribution in [0.1, 0.15) is 36.7 Å². The zero-order chi connectivity index (χ0) is 20.0. The maximum atomic E-state index is 12.7. The summed E-state index contributed by atoms with van der Waals surface area (Å²) in [5.74, 6) is 0.530. The Hall–Kier alpha value is -2.83. The van der Waals surface area contributed by atoms with Crippen LogP contribution >= 0.6 is 0 Å². The third-order valence-corrected chi connectivity index (χ3v) is 5.35. The Kier molecular flexibility index (Phi) is 6.34. The Bertz CT molecular complexity index is 795. The molecule has 28 heavy (non-hydrogen) atoms. The fourth-order valence-electron chi connectivity index (χ4n) is 3.60. The predicted molar refractivity (Wildman–Crippen MR) is 104 cm³/mol. The van der Waals surface area contributed by atoms with Gasteiger partial charge in [-0.3, -0.25) is 14.3 Å². The first-order valence-corrected chi connectivity index (χ1v) is 9.68. The fourth-order valence-corrected chi connectivity index (χ4v) is 3.60. The number of ether oxygens (including phenoxy) is 2. The van der Waals surface area contributed by atoms with Crippen molar-refractivity contribution in [3.63, 3.8) is 0 Å². The SMILES string of the molecule is CCOC(=O)C1(CCOc2ccccc2)CCN(C(=O)c2ccnn2C)CC1. The molecule has 0 unspecified atom stereocenters. The molecule has 150 valence electrons. The van der Waals surface area contributed by atoms with Crippen LogP contribution in [0.5, 0.6) is 5.75 Å². The van der Waals surface area contributed by atoms with E-state index < -0.39 is 5.41 Å². The lowest BCUT2D eigenvalue weighted by molar-refractivity contribution is -0.159. The second-order valence-electron chi connectivity index (χ2n) is 7.04. The molecule has 0 saturated carbocycles. The van der Waals surface area contributed by atoms with E-state index in [-0.39, 0.29) is 11.9 Å². The Morgan fingerprint density at radius 3 is 2.46 bits per heavy atom. The molecule has 1 aromatic carbocycles. The quantitative estimate of drug-likeness (QED) is 0.685. The van der Waals surface area contributed by atoms with Gasteiger partial charge in [0.15, 0.2) is 0 Å². The minimum absolute atomic E-state index is 0.0574. The van der Waals surface area contributed by atoms with Crippen molar-refractivity contribution in [3.05, 3.63) is 48.3 Å². The topological polar surface area (TPSA) is 73.7 Å². The van der Waals surface area contributed by atoms with Crippen LogP contribution in [0.25, 0.3) is 0 Å². The number of aromatic nitrogens is 2. The first-order valence-electron chi connectivity index (χ1n) is 9.68. The Morgan fingerprint density at radius 2 is 1.86 bits per heavy atom. The molecule has 1 amide bonds. The Labute approximate surface area is 165 Å². The number of benzene rings is 1. The minimum Gasteiger partial charge on any atom is -0.494 e. The van der Waals surface area contributed by atoms with Gasteiger partial charge in [0.2, 0.25) is 0 Å². The Balaban J connectivity index is 1.64. The van der Waals surface area contributed by atoms with Crippen LogP contribution in [0.3, 0.4) is 0 Å². The highest BCUT2D eigenvalue weighted by molar-refractivity contribution is 5.92. The molecular formula is C21H27N3O4. The smallest absolute Gasteiger partial charge is 0.312 e. The van der Waals surface area contributed by atoms with Crippen molar-refractivity contribution in [2.45, 2.75) is 26.2 Å². The van der Waals surface area contributed by atoms with Gasteiger partial charge in [0, 0.05) is 26.3 Å². The molecule has 1 saturated heterocycles. The van der Waals surface area contributed by atoms with E-state index in [1.165, 1.54) is 0 Å². The van der Waals surface area contributed by atoms with Gasteiger partial charge in [0.1, 0.15) is 11.4 Å². The lowest BCUT2D eigenvalue weighted by Crippen LogP contribution is -2.48. The van der Waals surface area contributed by atoms with Crippen LogP contribution in [-0.2, 0) is 16.6 Å². The zero-order valence-electron chi connectivity index (χ0n) is 16.5. The van der Waals surface area contributed by atoms with Crippen molar-refractivity contribution in [1.82, 2.24) is 14.7 Å². The first-order chi connectivity index (χ1) is 13.6. The molecule has 7 heteroatoms. The number of carbonyl (C=O) groups is 2. The summed E-state index contributed by atoms with van der Waals surface area (Å²) in [5, 5.41) is 4.06. The van der Waals surface area contributed by atoms with Gasteiger partial charge < -0.3 is 14.4 Å². The van der Waals surface area contributed by atoms with Crippen LogP contribution in [0.15, 0.2) is 42.6 Å². The van der Waals surface area contributed by atoms with Gasteiger partial charge in [0.25, 0.3) is 5.91 Å². The van der Waals surface area contributed by atoms with Crippen molar-refractivity contribution >= 4 is 11.9 Å². The van der Waals surface area contributed by atoms with Crippen LogP contribution in [0.4, 0.5) is 0 Å². The monoisotopic (exact) mass is 385 g/mol. The summed E-state index contributed by atoms with van der Waals surface area (Å²) in [5.41, 5.74) is -0.0651. The fraction of sp³-hybridized carbons (Fsp3) is 0.476. The molecule has 0 N–H and O–H groups in total. The van der Waals surface area contributed by atoms with Crippen LogP contribution in [0.2, 0.25) is 0 Å². The van der Waals surface area contributed by atoms with Gasteiger partial charge >= 0.3 is 5.97 Å². The molecular weight excluding hydrogens is 358 g/mol. The molecule has 0 spiro atoms. The first kappa shape index (κ1) is 19.9. The van der Waals surface area contributed by atoms with Gasteiger partial charge in [-0.1, -0.05) is 18.2 Å². The number of hydrogen-bond acceptors (Lipinski definition) is 5. The number of aryl methyl sites for hydroxylation is 1. The van der Waals surface area contributed by atoms with Gasteiger partial charge in [-0.15, -0.1) is 0 Å². The van der Waals surface area contributed by atoms with Gasteiger partial charge in [-0.25, -0.2) is 0 Å². The van der Waals surface area contributed by atoms with E-state index in [1.807, 2.05) is 37.3 Å². The average Bonchev–Trinajstić information content (AvgIpc) is 3.15. The van der Waals surface area contributed by atoms with Crippen LogP contribution in [0, 0.1) is 5.41 Å². The zero-order valence-corrected chi connectivity index (χ0v) is 16.5. The van der Waals surface area contributed by atoms with E-state index in [2.05, 4.69) is 5.10 Å². The molecule has 0 aliphatic carbocycles. The minimum atomic E-state index is -0.617. The van der Waals surface area contributed by atoms with Gasteiger partial charge in [-0.2, -0.15) is 5.10 Å². The lowest BCUT2D eigenvalue weighted by Gasteiger charge is -2.39. The van der Waals surface area contributed by atoms with Crippen molar-refractivity contribution in [2.24, 2.45) is 12.5 Å². The summed E-state index contributed by atoms with van der Waals surface area (Å²) < 4.78 is 12.7. The van der Waals surface area contributed by atoms with Crippen LogP contribution in [-0.4, -0.2) is 52.9 Å². The highest BCUT2D eigenvalue weighted by Gasteiger charge is 2.43. The number of likely N-dealkylation sites (tertiary alicyclic amines) is 1. The van der Waals surface area contributed by atoms with E-state index in [1.54, 1.807) is 28.9 Å². The summed E-state index contributed by atoms with van der Waals surface area (Å²) in [7, 11) is 1.75. The number of hydrogen-bond donors (Lipinski definition) is 0. The van der Waals surface area contributed by atoms with E-state index in [4.69, 9.17) is 9.47 Å². The molecule has 2 heterocycles. The molecule has 0 bridgehead atoms. The molecule has 0 radical (unpaired) electrons. The van der Waals surface area contributed by atoms with Gasteiger partial charge in [0.05, 0.1) is 18.6 Å². The number of para-hydroxylation sites is 1. The predicted octanol–water partition coefficient (Wildman–Crippen LogP) is 2.67. The van der Waals surface area contributed by atoms with Gasteiger partial charge in [-0.05, 0) is 44.4 Å². The summed E-state index contributed by atoms with van der Waals surface area (Å²) in [4.78, 5) is 27.2. The summed E-state index contributed by atoms with van der Waals surface area (Å²) in [6.07, 6.45) is 3.30. The summed E-state index contributed by atoms with van der Waals surface area (Å²) >= 11 is 0. The van der Waals surface area contributed by atoms with E-state index in [9.17, 15) is 9.59 Å². The number of esters is 1. The molecule has 1 fully saturated rings. The summed E-state index contributed by atoms with van der Waals surface area (Å²) in [6, 6.07) is 11.3.